The van der Waals surface area contributed by atoms with E-state index in [2.05, 4.69) is 25.8 Å². The quantitative estimate of drug-likeness (QED) is 0.874. The lowest BCUT2D eigenvalue weighted by Crippen LogP contribution is -2.46. The summed E-state index contributed by atoms with van der Waals surface area (Å²) in [5.74, 6) is 2.94. The van der Waals surface area contributed by atoms with E-state index in [1.54, 1.807) is 12.4 Å². The molecule has 4 bridgehead atoms. The van der Waals surface area contributed by atoms with Crippen LogP contribution in [0.4, 0.5) is 17.7 Å². The van der Waals surface area contributed by atoms with Crippen LogP contribution in [-0.4, -0.2) is 57.8 Å². The monoisotopic (exact) mass is 365 g/mol. The molecule has 2 N–H and O–H groups in total. The fraction of sp³-hybridized carbons (Fsp3) is 0.579. The van der Waals surface area contributed by atoms with E-state index in [4.69, 9.17) is 20.4 Å². The van der Waals surface area contributed by atoms with Crippen LogP contribution in [-0.2, 0) is 4.74 Å². The zero-order valence-corrected chi connectivity index (χ0v) is 15.2. The molecular formula is C19H23N7O. The van der Waals surface area contributed by atoms with E-state index in [-0.39, 0.29) is 5.95 Å². The first-order valence-electron chi connectivity index (χ1n) is 9.84. The Balaban J connectivity index is 1.44. The van der Waals surface area contributed by atoms with Crippen molar-refractivity contribution >= 4 is 17.7 Å². The first-order chi connectivity index (χ1) is 13.2. The number of nitrogens with two attached hydrogens (primary N) is 1. The van der Waals surface area contributed by atoms with Crippen LogP contribution in [0, 0.1) is 5.92 Å². The molecule has 27 heavy (non-hydrogen) atoms. The normalized spacial score (nSPS) is 31.3. The lowest BCUT2D eigenvalue weighted by molar-refractivity contribution is 0.0902. The highest BCUT2D eigenvalue weighted by Crippen LogP contribution is 2.43. The van der Waals surface area contributed by atoms with E-state index >= 15 is 0 Å². The molecule has 0 amide bonds. The standard InChI is InChI=1S/C19H23N7O/c20-18-21-6-12(7-22-18)16-5-17(26-13-1-2-14(26)10-27-9-13)24-19(23-16)25-8-11-3-15(25)4-11/h5-7,11,13-15H,1-4,8-10H2,(H2,20,21,22). The van der Waals surface area contributed by atoms with Crippen molar-refractivity contribution in [1.29, 1.82) is 0 Å². The number of hydrogen-bond donors (Lipinski definition) is 1. The summed E-state index contributed by atoms with van der Waals surface area (Å²) in [5, 5.41) is 0. The Morgan fingerprint density at radius 2 is 1.74 bits per heavy atom. The number of aromatic nitrogens is 4. The molecule has 5 fully saturated rings. The third-order valence-corrected chi connectivity index (χ3v) is 6.54. The van der Waals surface area contributed by atoms with Crippen LogP contribution in [0.5, 0.6) is 0 Å². The van der Waals surface area contributed by atoms with Crippen LogP contribution in [0.1, 0.15) is 25.7 Å². The van der Waals surface area contributed by atoms with Crippen molar-refractivity contribution in [2.75, 3.05) is 35.3 Å². The highest BCUT2D eigenvalue weighted by atomic mass is 16.5. The molecule has 1 aliphatic carbocycles. The van der Waals surface area contributed by atoms with E-state index in [0.717, 1.165) is 48.7 Å². The second kappa shape index (κ2) is 5.76. The predicted octanol–water partition coefficient (Wildman–Crippen LogP) is 1.48. The molecule has 0 spiro atoms. The molecule has 6 heterocycles. The molecule has 4 saturated heterocycles. The molecule has 2 aromatic rings. The minimum atomic E-state index is 0.278. The first kappa shape index (κ1) is 15.6. The summed E-state index contributed by atoms with van der Waals surface area (Å²) in [6.45, 7) is 2.64. The molecule has 2 atom stereocenters. The molecule has 8 heteroatoms. The maximum Gasteiger partial charge on any atom is 0.228 e. The van der Waals surface area contributed by atoms with Crippen LogP contribution in [0.3, 0.4) is 0 Å². The highest BCUT2D eigenvalue weighted by Gasteiger charge is 2.44. The number of morpholine rings is 1. The van der Waals surface area contributed by atoms with Gasteiger partial charge in [0.25, 0.3) is 0 Å². The summed E-state index contributed by atoms with van der Waals surface area (Å²) >= 11 is 0. The molecule has 5 aliphatic rings. The number of rotatable bonds is 3. The van der Waals surface area contributed by atoms with E-state index < -0.39 is 0 Å². The van der Waals surface area contributed by atoms with Gasteiger partial charge in [-0.15, -0.1) is 0 Å². The number of fused-ring (bicyclic) bond motifs is 3. The molecule has 0 radical (unpaired) electrons. The van der Waals surface area contributed by atoms with Gasteiger partial charge >= 0.3 is 0 Å². The first-order valence-corrected chi connectivity index (χ1v) is 9.84. The number of nitrogen functional groups attached to an aromatic ring is 1. The molecule has 0 aromatic carbocycles. The zero-order chi connectivity index (χ0) is 18.0. The number of nitrogens with zero attached hydrogens (tertiary/aromatic N) is 6. The van der Waals surface area contributed by atoms with Crippen molar-refractivity contribution in [1.82, 2.24) is 19.9 Å². The van der Waals surface area contributed by atoms with Gasteiger partial charge in [-0.25, -0.2) is 15.0 Å². The molecule has 7 rings (SSSR count). The van der Waals surface area contributed by atoms with Crippen molar-refractivity contribution in [2.24, 2.45) is 5.92 Å². The van der Waals surface area contributed by atoms with E-state index in [9.17, 15) is 0 Å². The number of ether oxygens (including phenoxy) is 1. The lowest BCUT2D eigenvalue weighted by atomic mass is 9.86. The summed E-state index contributed by atoms with van der Waals surface area (Å²) < 4.78 is 5.76. The topological polar surface area (TPSA) is 93.3 Å². The summed E-state index contributed by atoms with van der Waals surface area (Å²) in [7, 11) is 0. The van der Waals surface area contributed by atoms with Gasteiger partial charge < -0.3 is 20.3 Å². The molecule has 8 nitrogen and oxygen atoms in total. The molecule has 2 unspecified atom stereocenters. The van der Waals surface area contributed by atoms with Crippen molar-refractivity contribution in [2.45, 2.75) is 43.8 Å². The third-order valence-electron chi connectivity index (χ3n) is 6.54. The number of anilines is 3. The summed E-state index contributed by atoms with van der Waals surface area (Å²) in [6.07, 6.45) is 8.37. The Morgan fingerprint density at radius 3 is 2.41 bits per heavy atom. The average Bonchev–Trinajstić information content (AvgIpc) is 3.33. The van der Waals surface area contributed by atoms with Crippen LogP contribution in [0.15, 0.2) is 18.5 Å². The lowest BCUT2D eigenvalue weighted by Gasteiger charge is -2.36. The minimum Gasteiger partial charge on any atom is -0.377 e. The Labute approximate surface area is 157 Å². The van der Waals surface area contributed by atoms with Gasteiger partial charge in [0.05, 0.1) is 31.0 Å². The van der Waals surface area contributed by atoms with Gasteiger partial charge in [-0.05, 0) is 31.6 Å². The van der Waals surface area contributed by atoms with Crippen LogP contribution in [0.25, 0.3) is 11.3 Å². The highest BCUT2D eigenvalue weighted by molar-refractivity contribution is 5.65. The summed E-state index contributed by atoms with van der Waals surface area (Å²) in [6, 6.07) is 3.50. The van der Waals surface area contributed by atoms with E-state index in [1.165, 1.54) is 25.7 Å². The largest absolute Gasteiger partial charge is 0.377 e. The third kappa shape index (κ3) is 2.46. The van der Waals surface area contributed by atoms with Gasteiger partial charge in [0.2, 0.25) is 11.9 Å². The van der Waals surface area contributed by atoms with E-state index in [0.29, 0.717) is 18.1 Å². The van der Waals surface area contributed by atoms with Crippen LogP contribution >= 0.6 is 0 Å². The van der Waals surface area contributed by atoms with Gasteiger partial charge in [0, 0.05) is 36.6 Å². The fourth-order valence-corrected chi connectivity index (χ4v) is 5.08. The van der Waals surface area contributed by atoms with E-state index in [1.807, 2.05) is 0 Å². The fourth-order valence-electron chi connectivity index (χ4n) is 5.08. The maximum atomic E-state index is 5.76. The predicted molar refractivity (Wildman–Crippen MR) is 101 cm³/mol. The molecular weight excluding hydrogens is 342 g/mol. The smallest absolute Gasteiger partial charge is 0.228 e. The minimum absolute atomic E-state index is 0.278. The Morgan fingerprint density at radius 1 is 1.00 bits per heavy atom. The van der Waals surface area contributed by atoms with Gasteiger partial charge in [-0.3, -0.25) is 0 Å². The van der Waals surface area contributed by atoms with Gasteiger partial charge in [0.1, 0.15) is 5.82 Å². The molecule has 4 aliphatic heterocycles. The van der Waals surface area contributed by atoms with Crippen molar-refractivity contribution < 1.29 is 4.74 Å². The summed E-state index contributed by atoms with van der Waals surface area (Å²) in [4.78, 5) is 23.1. The zero-order valence-electron chi connectivity index (χ0n) is 15.2. The SMILES string of the molecule is Nc1ncc(-c2cc(N3C4CCC3COC4)nc(N3CC4CC3C4)n2)cn1. The van der Waals surface area contributed by atoms with Crippen LogP contribution in [0.2, 0.25) is 0 Å². The second-order valence-corrected chi connectivity index (χ2v) is 8.21. The number of hydrogen-bond acceptors (Lipinski definition) is 8. The Hall–Kier alpha value is -2.48. The van der Waals surface area contributed by atoms with Gasteiger partial charge in [-0.2, -0.15) is 4.98 Å². The summed E-state index contributed by atoms with van der Waals surface area (Å²) in [5.41, 5.74) is 7.41. The average molecular weight is 365 g/mol. The van der Waals surface area contributed by atoms with Gasteiger partial charge in [-0.1, -0.05) is 0 Å². The molecule has 2 aromatic heterocycles. The Kier molecular flexibility index (Phi) is 3.32. The second-order valence-electron chi connectivity index (χ2n) is 8.21. The van der Waals surface area contributed by atoms with Crippen molar-refractivity contribution in [3.8, 4) is 11.3 Å². The van der Waals surface area contributed by atoms with Crippen molar-refractivity contribution in [3.05, 3.63) is 18.5 Å². The van der Waals surface area contributed by atoms with Crippen molar-refractivity contribution in [3.63, 3.8) is 0 Å². The van der Waals surface area contributed by atoms with Gasteiger partial charge in [0.15, 0.2) is 0 Å². The molecule has 1 saturated carbocycles. The Bertz CT molecular complexity index is 851. The maximum absolute atomic E-state index is 5.76. The molecule has 140 valence electrons. The van der Waals surface area contributed by atoms with Crippen LogP contribution < -0.4 is 15.5 Å².